The van der Waals surface area contributed by atoms with Gasteiger partial charge in [-0.25, -0.2) is 0 Å². The van der Waals surface area contributed by atoms with Crippen LogP contribution >= 0.6 is 0 Å². The van der Waals surface area contributed by atoms with Gasteiger partial charge in [0.1, 0.15) is 5.75 Å². The van der Waals surface area contributed by atoms with Crippen LogP contribution in [-0.4, -0.2) is 26.1 Å². The fourth-order valence-electron chi connectivity index (χ4n) is 3.30. The van der Waals surface area contributed by atoms with E-state index >= 15 is 0 Å². The molecule has 6 heteroatoms. The van der Waals surface area contributed by atoms with Gasteiger partial charge in [0.2, 0.25) is 0 Å². The van der Waals surface area contributed by atoms with E-state index in [4.69, 9.17) is 9.47 Å². The van der Waals surface area contributed by atoms with Gasteiger partial charge in [0.05, 0.1) is 18.1 Å². The number of hydrogen-bond donors (Lipinski definition) is 0. The second-order valence-electron chi connectivity index (χ2n) is 6.34. The van der Waals surface area contributed by atoms with E-state index in [0.717, 1.165) is 25.0 Å². The van der Waals surface area contributed by atoms with E-state index in [1.165, 1.54) is 42.5 Å². The number of methoxy groups -OCH3 is 1. The Hall–Kier alpha value is -2.76. The van der Waals surface area contributed by atoms with E-state index in [2.05, 4.69) is 11.0 Å². The quantitative estimate of drug-likeness (QED) is 0.597. The third-order valence-electron chi connectivity index (χ3n) is 4.53. The molecule has 2 aromatic rings. The Morgan fingerprint density at radius 1 is 1.00 bits per heavy atom. The minimum Gasteiger partial charge on any atom is -0.493 e. The zero-order valence-corrected chi connectivity index (χ0v) is 14.7. The van der Waals surface area contributed by atoms with Crippen LogP contribution in [0.25, 0.3) is 0 Å². The normalized spacial score (nSPS) is 13.1. The number of hydrogen-bond acceptors (Lipinski definition) is 5. The SMILES string of the molecule is COc1cc([N+](=O)[O-])ccc1Oc1ccc(N(C)C)c2c1CCCC2. The molecule has 0 atom stereocenters. The maximum Gasteiger partial charge on any atom is 0.273 e. The van der Waals surface area contributed by atoms with Gasteiger partial charge in [-0.1, -0.05) is 0 Å². The maximum atomic E-state index is 10.9. The minimum absolute atomic E-state index is 0.0193. The molecule has 0 heterocycles. The molecule has 0 saturated heterocycles. The molecule has 0 N–H and O–H groups in total. The average molecular weight is 342 g/mol. The Balaban J connectivity index is 2.00. The molecule has 1 aliphatic carbocycles. The molecular weight excluding hydrogens is 320 g/mol. The van der Waals surface area contributed by atoms with Crippen molar-refractivity contribution in [1.82, 2.24) is 0 Å². The number of nitro benzene ring substituents is 1. The summed E-state index contributed by atoms with van der Waals surface area (Å²) in [4.78, 5) is 12.6. The first-order valence-electron chi connectivity index (χ1n) is 8.33. The number of nitro groups is 1. The molecule has 0 fully saturated rings. The highest BCUT2D eigenvalue weighted by Crippen LogP contribution is 2.40. The second kappa shape index (κ2) is 7.01. The molecule has 0 bridgehead atoms. The van der Waals surface area contributed by atoms with Crippen LogP contribution in [0.1, 0.15) is 24.0 Å². The van der Waals surface area contributed by atoms with Crippen LogP contribution in [0.15, 0.2) is 30.3 Å². The van der Waals surface area contributed by atoms with Crippen molar-refractivity contribution in [3.05, 3.63) is 51.6 Å². The van der Waals surface area contributed by atoms with Crippen LogP contribution in [-0.2, 0) is 12.8 Å². The summed E-state index contributed by atoms with van der Waals surface area (Å²) in [5, 5.41) is 10.9. The highest BCUT2D eigenvalue weighted by Gasteiger charge is 2.21. The standard InChI is InChI=1S/C19H22N2O4/c1-20(2)16-9-11-17(15-7-5-4-6-14(15)16)25-18-10-8-13(21(22)23)12-19(18)24-3/h8-12H,4-7H2,1-3H3. The third-order valence-corrected chi connectivity index (χ3v) is 4.53. The molecule has 0 amide bonds. The van der Waals surface area contributed by atoms with Crippen molar-refractivity contribution in [1.29, 1.82) is 0 Å². The van der Waals surface area contributed by atoms with Crippen LogP contribution in [0, 0.1) is 10.1 Å². The van der Waals surface area contributed by atoms with Gasteiger partial charge in [-0.05, 0) is 49.4 Å². The Kier molecular flexibility index (Phi) is 4.79. The monoisotopic (exact) mass is 342 g/mol. The smallest absolute Gasteiger partial charge is 0.273 e. The van der Waals surface area contributed by atoms with Crippen molar-refractivity contribution in [2.45, 2.75) is 25.7 Å². The van der Waals surface area contributed by atoms with Crippen LogP contribution in [0.3, 0.4) is 0 Å². The second-order valence-corrected chi connectivity index (χ2v) is 6.34. The highest BCUT2D eigenvalue weighted by atomic mass is 16.6. The molecule has 2 aromatic carbocycles. The molecule has 0 aromatic heterocycles. The van der Waals surface area contributed by atoms with Gasteiger partial charge >= 0.3 is 0 Å². The van der Waals surface area contributed by atoms with Gasteiger partial charge in [-0.3, -0.25) is 10.1 Å². The fourth-order valence-corrected chi connectivity index (χ4v) is 3.30. The van der Waals surface area contributed by atoms with Crippen LogP contribution in [0.2, 0.25) is 0 Å². The third kappa shape index (κ3) is 3.38. The Bertz CT molecular complexity index is 802. The summed E-state index contributed by atoms with van der Waals surface area (Å²) in [5.41, 5.74) is 3.75. The number of anilines is 1. The summed E-state index contributed by atoms with van der Waals surface area (Å²) in [6.07, 6.45) is 4.33. The summed E-state index contributed by atoms with van der Waals surface area (Å²) < 4.78 is 11.4. The predicted octanol–water partition coefficient (Wildman–Crippen LogP) is 4.34. The van der Waals surface area contributed by atoms with Gasteiger partial charge in [0.25, 0.3) is 5.69 Å². The van der Waals surface area contributed by atoms with Crippen LogP contribution in [0.4, 0.5) is 11.4 Å². The van der Waals surface area contributed by atoms with E-state index in [1.807, 2.05) is 20.2 Å². The molecule has 25 heavy (non-hydrogen) atoms. The van der Waals surface area contributed by atoms with Crippen molar-refractivity contribution >= 4 is 11.4 Å². The number of ether oxygens (including phenoxy) is 2. The van der Waals surface area contributed by atoms with Gasteiger partial charge in [-0.15, -0.1) is 0 Å². The van der Waals surface area contributed by atoms with Gasteiger partial charge < -0.3 is 14.4 Å². The van der Waals surface area contributed by atoms with Crippen molar-refractivity contribution in [2.75, 3.05) is 26.1 Å². The largest absolute Gasteiger partial charge is 0.493 e. The number of benzene rings is 2. The summed E-state index contributed by atoms with van der Waals surface area (Å²) in [5.74, 6) is 1.64. The minimum atomic E-state index is -0.444. The van der Waals surface area contributed by atoms with E-state index in [0.29, 0.717) is 11.5 Å². The lowest BCUT2D eigenvalue weighted by Crippen LogP contribution is -2.15. The number of non-ortho nitro benzene ring substituents is 1. The molecule has 6 nitrogen and oxygen atoms in total. The van der Waals surface area contributed by atoms with Gasteiger partial charge in [0, 0.05) is 31.4 Å². The van der Waals surface area contributed by atoms with E-state index in [-0.39, 0.29) is 5.69 Å². The first-order chi connectivity index (χ1) is 12.0. The molecule has 0 unspecified atom stereocenters. The molecule has 0 spiro atoms. The van der Waals surface area contributed by atoms with E-state index < -0.39 is 4.92 Å². The van der Waals surface area contributed by atoms with Crippen LogP contribution in [0.5, 0.6) is 17.2 Å². The van der Waals surface area contributed by atoms with Gasteiger partial charge in [0.15, 0.2) is 11.5 Å². The summed E-state index contributed by atoms with van der Waals surface area (Å²) >= 11 is 0. The molecule has 0 aliphatic heterocycles. The number of rotatable bonds is 5. The molecule has 3 rings (SSSR count). The summed E-state index contributed by atoms with van der Waals surface area (Å²) in [7, 11) is 5.57. The van der Waals surface area contributed by atoms with Gasteiger partial charge in [-0.2, -0.15) is 0 Å². The molecule has 0 saturated carbocycles. The summed E-state index contributed by atoms with van der Waals surface area (Å²) in [6.45, 7) is 0. The predicted molar refractivity (Wildman–Crippen MR) is 97.1 cm³/mol. The Morgan fingerprint density at radius 3 is 2.32 bits per heavy atom. The Morgan fingerprint density at radius 2 is 1.68 bits per heavy atom. The molecule has 0 radical (unpaired) electrons. The maximum absolute atomic E-state index is 10.9. The zero-order chi connectivity index (χ0) is 18.0. The molecular formula is C19H22N2O4. The fraction of sp³-hybridized carbons (Fsp3) is 0.368. The zero-order valence-electron chi connectivity index (χ0n) is 14.7. The molecule has 1 aliphatic rings. The van der Waals surface area contributed by atoms with Crippen molar-refractivity contribution < 1.29 is 14.4 Å². The van der Waals surface area contributed by atoms with Crippen LogP contribution < -0.4 is 14.4 Å². The number of fused-ring (bicyclic) bond motifs is 1. The Labute approximate surface area is 147 Å². The lowest BCUT2D eigenvalue weighted by molar-refractivity contribution is -0.384. The van der Waals surface area contributed by atoms with Crippen molar-refractivity contribution in [3.8, 4) is 17.2 Å². The lowest BCUT2D eigenvalue weighted by Gasteiger charge is -2.26. The summed E-state index contributed by atoms with van der Waals surface area (Å²) in [6, 6.07) is 8.44. The first-order valence-corrected chi connectivity index (χ1v) is 8.33. The first kappa shape index (κ1) is 17.1. The highest BCUT2D eigenvalue weighted by molar-refractivity contribution is 5.62. The molecule has 132 valence electrons. The van der Waals surface area contributed by atoms with Crippen molar-refractivity contribution in [2.24, 2.45) is 0 Å². The number of nitrogens with zero attached hydrogens (tertiary/aromatic N) is 2. The van der Waals surface area contributed by atoms with E-state index in [1.54, 1.807) is 6.07 Å². The average Bonchev–Trinajstić information content (AvgIpc) is 2.61. The topological polar surface area (TPSA) is 64.8 Å². The van der Waals surface area contributed by atoms with E-state index in [9.17, 15) is 10.1 Å². The van der Waals surface area contributed by atoms with Crippen molar-refractivity contribution in [3.63, 3.8) is 0 Å². The lowest BCUT2D eigenvalue weighted by atomic mass is 9.89.